The van der Waals surface area contributed by atoms with Crippen LogP contribution in [-0.4, -0.2) is 12.3 Å². The Bertz CT molecular complexity index is 323. The summed E-state index contributed by atoms with van der Waals surface area (Å²) < 4.78 is 0. The molecule has 80 valence electrons. The van der Waals surface area contributed by atoms with Gasteiger partial charge in [0.2, 0.25) is 0 Å². The molecule has 0 saturated heterocycles. The highest BCUT2D eigenvalue weighted by Gasteiger charge is 2.15. The highest BCUT2D eigenvalue weighted by atomic mass is 35.5. The summed E-state index contributed by atoms with van der Waals surface area (Å²) in [4.78, 5) is 3.49. The summed E-state index contributed by atoms with van der Waals surface area (Å²) in [6.07, 6.45) is 8.86. The maximum atomic E-state index is 5.83. The average Bonchev–Trinajstić information content (AvgIpc) is 2.30. The van der Waals surface area contributed by atoms with E-state index in [0.717, 1.165) is 5.02 Å². The van der Waals surface area contributed by atoms with Gasteiger partial charge in [0.05, 0.1) is 0 Å². The fraction of sp³-hybridized carbons (Fsp3) is 0.462. The Morgan fingerprint density at radius 1 is 1.07 bits per heavy atom. The minimum atomic E-state index is 0.675. The molecule has 0 radical (unpaired) electrons. The summed E-state index contributed by atoms with van der Waals surface area (Å²) in [5.74, 6) is 0. The van der Waals surface area contributed by atoms with Crippen LogP contribution in [0.3, 0.4) is 0 Å². The van der Waals surface area contributed by atoms with Crippen molar-refractivity contribution in [2.75, 3.05) is 0 Å². The van der Waals surface area contributed by atoms with Gasteiger partial charge >= 0.3 is 0 Å². The van der Waals surface area contributed by atoms with Crippen molar-refractivity contribution >= 4 is 17.8 Å². The van der Waals surface area contributed by atoms with Gasteiger partial charge in [0.25, 0.3) is 0 Å². The molecular formula is C13H17ClN+. The van der Waals surface area contributed by atoms with E-state index in [9.17, 15) is 0 Å². The van der Waals surface area contributed by atoms with Crippen LogP contribution < -0.4 is 4.99 Å². The van der Waals surface area contributed by atoms with Crippen LogP contribution in [0.5, 0.6) is 0 Å². The summed E-state index contributed by atoms with van der Waals surface area (Å²) in [7, 11) is 0. The predicted octanol–water partition coefficient (Wildman–Crippen LogP) is 2.17. The first-order valence-electron chi connectivity index (χ1n) is 5.69. The number of nitrogens with one attached hydrogen (secondary N) is 1. The fourth-order valence-corrected chi connectivity index (χ4v) is 2.17. The smallest absolute Gasteiger partial charge is 0.169 e. The number of hydrogen-bond donors (Lipinski definition) is 1. The second-order valence-electron chi connectivity index (χ2n) is 4.20. The Balaban J connectivity index is 1.95. The zero-order chi connectivity index (χ0) is 10.5. The molecular weight excluding hydrogens is 206 g/mol. The molecule has 0 aromatic heterocycles. The van der Waals surface area contributed by atoms with E-state index in [0.29, 0.717) is 6.04 Å². The van der Waals surface area contributed by atoms with E-state index >= 15 is 0 Å². The first-order valence-corrected chi connectivity index (χ1v) is 6.07. The van der Waals surface area contributed by atoms with Crippen LogP contribution in [0, 0.1) is 0 Å². The van der Waals surface area contributed by atoms with E-state index in [4.69, 9.17) is 11.6 Å². The molecule has 0 spiro atoms. The monoisotopic (exact) mass is 222 g/mol. The molecule has 2 rings (SSSR count). The van der Waals surface area contributed by atoms with Gasteiger partial charge in [-0.15, -0.1) is 0 Å². The van der Waals surface area contributed by atoms with Crippen LogP contribution >= 0.6 is 11.6 Å². The summed E-state index contributed by atoms with van der Waals surface area (Å²) in [5.41, 5.74) is 1.20. The van der Waals surface area contributed by atoms with Crippen LogP contribution in [0.4, 0.5) is 0 Å². The summed E-state index contributed by atoms with van der Waals surface area (Å²) in [5, 5.41) is 0.796. The van der Waals surface area contributed by atoms with Gasteiger partial charge in [0, 0.05) is 23.4 Å². The minimum Gasteiger partial charge on any atom is -0.245 e. The van der Waals surface area contributed by atoms with Crippen molar-refractivity contribution in [1.82, 2.24) is 0 Å². The molecule has 0 bridgehead atoms. The fourth-order valence-electron chi connectivity index (χ4n) is 2.04. The lowest BCUT2D eigenvalue weighted by atomic mass is 9.96. The van der Waals surface area contributed by atoms with Crippen LogP contribution in [-0.2, 0) is 0 Å². The summed E-state index contributed by atoms with van der Waals surface area (Å²) in [6, 6.07) is 8.61. The first kappa shape index (κ1) is 10.7. The zero-order valence-electron chi connectivity index (χ0n) is 8.88. The molecule has 1 aliphatic rings. The zero-order valence-corrected chi connectivity index (χ0v) is 9.63. The van der Waals surface area contributed by atoms with E-state index in [1.54, 1.807) is 0 Å². The SMILES string of the molecule is Clc1ccc(C=[NH+]C2CCCCC2)cc1. The van der Waals surface area contributed by atoms with Crippen molar-refractivity contribution in [3.8, 4) is 0 Å². The third-order valence-corrected chi connectivity index (χ3v) is 3.21. The van der Waals surface area contributed by atoms with Crippen LogP contribution in [0.25, 0.3) is 0 Å². The second kappa shape index (κ2) is 5.32. The highest BCUT2D eigenvalue weighted by Crippen LogP contribution is 2.14. The Morgan fingerprint density at radius 3 is 2.40 bits per heavy atom. The van der Waals surface area contributed by atoms with Gasteiger partial charge in [-0.05, 0) is 37.1 Å². The van der Waals surface area contributed by atoms with Gasteiger partial charge in [0.1, 0.15) is 0 Å². The molecule has 15 heavy (non-hydrogen) atoms. The number of rotatable bonds is 2. The lowest BCUT2D eigenvalue weighted by molar-refractivity contribution is -0.502. The average molecular weight is 223 g/mol. The van der Waals surface area contributed by atoms with Gasteiger partial charge in [-0.3, -0.25) is 0 Å². The number of halogens is 1. The molecule has 1 aromatic carbocycles. The predicted molar refractivity (Wildman–Crippen MR) is 64.5 cm³/mol. The van der Waals surface area contributed by atoms with E-state index in [2.05, 4.69) is 11.2 Å². The summed E-state index contributed by atoms with van der Waals surface area (Å²) in [6.45, 7) is 0. The van der Waals surface area contributed by atoms with E-state index in [-0.39, 0.29) is 0 Å². The molecule has 0 atom stereocenters. The normalized spacial score (nSPS) is 18.5. The Hall–Kier alpha value is -0.820. The highest BCUT2D eigenvalue weighted by molar-refractivity contribution is 6.30. The van der Waals surface area contributed by atoms with Crippen molar-refractivity contribution < 1.29 is 4.99 Å². The molecule has 1 N–H and O–H groups in total. The molecule has 2 heteroatoms. The van der Waals surface area contributed by atoms with Gasteiger partial charge in [-0.25, -0.2) is 4.99 Å². The first-order chi connectivity index (χ1) is 7.34. The standard InChI is InChI=1S/C13H16ClN/c14-12-8-6-11(7-9-12)10-15-13-4-2-1-3-5-13/h6-10,13H,1-5H2/p+1. The lowest BCUT2D eigenvalue weighted by Gasteiger charge is -2.12. The van der Waals surface area contributed by atoms with Crippen LogP contribution in [0.2, 0.25) is 5.02 Å². The van der Waals surface area contributed by atoms with Crippen molar-refractivity contribution in [2.45, 2.75) is 38.1 Å². The van der Waals surface area contributed by atoms with Crippen LogP contribution in [0.1, 0.15) is 37.7 Å². The Kier molecular flexibility index (Phi) is 3.79. The third-order valence-electron chi connectivity index (χ3n) is 2.96. The lowest BCUT2D eigenvalue weighted by Crippen LogP contribution is -2.76. The van der Waals surface area contributed by atoms with Crippen LogP contribution in [0.15, 0.2) is 24.3 Å². The summed E-state index contributed by atoms with van der Waals surface area (Å²) >= 11 is 5.83. The molecule has 1 aromatic rings. The molecule has 0 unspecified atom stereocenters. The van der Waals surface area contributed by atoms with E-state index in [1.165, 1.54) is 37.7 Å². The maximum absolute atomic E-state index is 5.83. The van der Waals surface area contributed by atoms with E-state index < -0.39 is 0 Å². The number of hydrogen-bond acceptors (Lipinski definition) is 0. The number of benzene rings is 1. The topological polar surface area (TPSA) is 14.0 Å². The van der Waals surface area contributed by atoms with Gasteiger partial charge in [-0.1, -0.05) is 18.0 Å². The quantitative estimate of drug-likeness (QED) is 0.738. The van der Waals surface area contributed by atoms with Gasteiger partial charge in [-0.2, -0.15) is 0 Å². The Labute approximate surface area is 96.2 Å². The molecule has 1 nitrogen and oxygen atoms in total. The van der Waals surface area contributed by atoms with Crippen molar-refractivity contribution in [1.29, 1.82) is 0 Å². The minimum absolute atomic E-state index is 0.675. The molecule has 0 aliphatic heterocycles. The van der Waals surface area contributed by atoms with Crippen molar-refractivity contribution in [3.63, 3.8) is 0 Å². The molecule has 1 saturated carbocycles. The van der Waals surface area contributed by atoms with E-state index in [1.807, 2.05) is 24.3 Å². The van der Waals surface area contributed by atoms with Gasteiger partial charge in [0.15, 0.2) is 12.3 Å². The molecule has 1 fully saturated rings. The third kappa shape index (κ3) is 3.35. The largest absolute Gasteiger partial charge is 0.245 e. The second-order valence-corrected chi connectivity index (χ2v) is 4.63. The molecule has 0 heterocycles. The van der Waals surface area contributed by atoms with Crippen molar-refractivity contribution in [2.24, 2.45) is 0 Å². The molecule has 1 aliphatic carbocycles. The van der Waals surface area contributed by atoms with Crippen molar-refractivity contribution in [3.05, 3.63) is 34.9 Å². The van der Waals surface area contributed by atoms with Gasteiger partial charge < -0.3 is 0 Å². The maximum Gasteiger partial charge on any atom is 0.169 e. The molecule has 0 amide bonds. The Morgan fingerprint density at radius 2 is 1.73 bits per heavy atom.